The van der Waals surface area contributed by atoms with E-state index in [1.165, 1.54) is 18.2 Å². The molecule has 20 heavy (non-hydrogen) atoms. The van der Waals surface area contributed by atoms with Crippen LogP contribution in [0.5, 0.6) is 0 Å². The van der Waals surface area contributed by atoms with E-state index in [1.807, 2.05) is 6.92 Å². The zero-order chi connectivity index (χ0) is 14.8. The summed E-state index contributed by atoms with van der Waals surface area (Å²) in [4.78, 5) is 22.9. The summed E-state index contributed by atoms with van der Waals surface area (Å²) in [7, 11) is 0. The van der Waals surface area contributed by atoms with Crippen LogP contribution in [-0.2, 0) is 0 Å². The van der Waals surface area contributed by atoms with E-state index in [9.17, 15) is 9.59 Å². The fourth-order valence-electron chi connectivity index (χ4n) is 2.32. The Morgan fingerprint density at radius 2 is 2.10 bits per heavy atom. The molecule has 1 saturated carbocycles. The average Bonchev–Trinajstić information content (AvgIpc) is 2.36. The molecular weight excluding hydrogens is 280 g/mol. The number of anilines is 1. The van der Waals surface area contributed by atoms with E-state index in [0.29, 0.717) is 10.7 Å². The first-order chi connectivity index (χ1) is 9.46. The topological polar surface area (TPSA) is 78.4 Å². The molecule has 0 heterocycles. The number of nitrogens with one attached hydrogen (secondary N) is 2. The number of halogens is 1. The van der Waals surface area contributed by atoms with Gasteiger partial charge in [0.25, 0.3) is 0 Å². The van der Waals surface area contributed by atoms with Crippen molar-refractivity contribution in [2.24, 2.45) is 0 Å². The summed E-state index contributed by atoms with van der Waals surface area (Å²) >= 11 is 5.96. The van der Waals surface area contributed by atoms with Crippen molar-refractivity contribution in [2.45, 2.75) is 38.1 Å². The van der Waals surface area contributed by atoms with E-state index in [1.54, 1.807) is 0 Å². The molecule has 5 nitrogen and oxygen atoms in total. The second-order valence-electron chi connectivity index (χ2n) is 5.07. The van der Waals surface area contributed by atoms with Crippen molar-refractivity contribution in [3.05, 3.63) is 28.8 Å². The van der Waals surface area contributed by atoms with Crippen molar-refractivity contribution in [1.82, 2.24) is 5.32 Å². The Morgan fingerprint density at radius 1 is 1.40 bits per heavy atom. The highest BCUT2D eigenvalue weighted by atomic mass is 35.5. The van der Waals surface area contributed by atoms with Crippen LogP contribution in [0.3, 0.4) is 0 Å². The van der Waals surface area contributed by atoms with Gasteiger partial charge in [-0.05, 0) is 43.9 Å². The Balaban J connectivity index is 2.07. The molecule has 6 heteroatoms. The van der Waals surface area contributed by atoms with Crippen molar-refractivity contribution in [3.8, 4) is 0 Å². The first kappa shape index (κ1) is 14.7. The van der Waals surface area contributed by atoms with Crippen LogP contribution in [0.15, 0.2) is 18.2 Å². The van der Waals surface area contributed by atoms with Gasteiger partial charge in [0, 0.05) is 5.54 Å². The minimum Gasteiger partial charge on any atom is -0.478 e. The molecule has 2 rings (SSSR count). The predicted octanol–water partition coefficient (Wildman–Crippen LogP) is 3.49. The zero-order valence-corrected chi connectivity index (χ0v) is 12.0. The van der Waals surface area contributed by atoms with Gasteiger partial charge in [0.2, 0.25) is 0 Å². The number of urea groups is 1. The summed E-state index contributed by atoms with van der Waals surface area (Å²) in [5, 5.41) is 14.8. The van der Waals surface area contributed by atoms with Crippen LogP contribution in [0.1, 0.15) is 43.0 Å². The molecule has 1 aromatic rings. The van der Waals surface area contributed by atoms with Crippen molar-refractivity contribution in [3.63, 3.8) is 0 Å². The van der Waals surface area contributed by atoms with E-state index < -0.39 is 5.97 Å². The maximum Gasteiger partial charge on any atom is 0.335 e. The molecule has 0 radical (unpaired) electrons. The molecule has 1 aromatic carbocycles. The van der Waals surface area contributed by atoms with Gasteiger partial charge in [-0.25, -0.2) is 9.59 Å². The van der Waals surface area contributed by atoms with Gasteiger partial charge in [0.15, 0.2) is 0 Å². The number of benzene rings is 1. The first-order valence-electron chi connectivity index (χ1n) is 6.58. The Bertz CT molecular complexity index is 536. The van der Waals surface area contributed by atoms with Gasteiger partial charge >= 0.3 is 12.0 Å². The smallest absolute Gasteiger partial charge is 0.335 e. The number of carboxylic acids is 1. The predicted molar refractivity (Wildman–Crippen MR) is 77.4 cm³/mol. The largest absolute Gasteiger partial charge is 0.478 e. The minimum absolute atomic E-state index is 0.0820. The standard InChI is InChI=1S/C14H17ClN2O3/c1-2-14(6-3-7-14)17-13(20)16-11-8-9(12(18)19)4-5-10(11)15/h4-5,8H,2-3,6-7H2,1H3,(H,18,19)(H2,16,17,20). The average molecular weight is 297 g/mol. The van der Waals surface area contributed by atoms with Crippen LogP contribution in [0, 0.1) is 0 Å². The molecule has 1 aliphatic rings. The fourth-order valence-corrected chi connectivity index (χ4v) is 2.48. The van der Waals surface area contributed by atoms with Crippen LogP contribution in [-0.4, -0.2) is 22.6 Å². The third-order valence-corrected chi connectivity index (χ3v) is 4.16. The highest BCUT2D eigenvalue weighted by molar-refractivity contribution is 6.33. The number of carbonyl (C=O) groups excluding carboxylic acids is 1. The Labute approximate surface area is 122 Å². The second-order valence-corrected chi connectivity index (χ2v) is 5.47. The lowest BCUT2D eigenvalue weighted by Crippen LogP contribution is -2.54. The SMILES string of the molecule is CCC1(NC(=O)Nc2cc(C(=O)O)ccc2Cl)CCC1. The van der Waals surface area contributed by atoms with Gasteiger partial charge in [-0.1, -0.05) is 18.5 Å². The monoisotopic (exact) mass is 296 g/mol. The quantitative estimate of drug-likeness (QED) is 0.796. The fraction of sp³-hybridized carbons (Fsp3) is 0.429. The molecule has 0 aromatic heterocycles. The van der Waals surface area contributed by atoms with Gasteiger partial charge in [-0.3, -0.25) is 0 Å². The number of hydrogen-bond acceptors (Lipinski definition) is 2. The van der Waals surface area contributed by atoms with Crippen LogP contribution in [0.2, 0.25) is 5.02 Å². The van der Waals surface area contributed by atoms with E-state index in [0.717, 1.165) is 25.7 Å². The number of carboxylic acid groups (broad SMARTS) is 1. The molecule has 1 aliphatic carbocycles. The van der Waals surface area contributed by atoms with Crippen molar-refractivity contribution >= 4 is 29.3 Å². The van der Waals surface area contributed by atoms with Gasteiger partial charge in [0.05, 0.1) is 16.3 Å². The maximum atomic E-state index is 12.0. The minimum atomic E-state index is -1.06. The molecule has 0 atom stereocenters. The molecule has 0 unspecified atom stereocenters. The van der Waals surface area contributed by atoms with Crippen LogP contribution >= 0.6 is 11.6 Å². The molecule has 1 fully saturated rings. The molecule has 108 valence electrons. The van der Waals surface area contributed by atoms with Crippen LogP contribution in [0.4, 0.5) is 10.5 Å². The Hall–Kier alpha value is -1.75. The number of aromatic carboxylic acids is 1. The van der Waals surface area contributed by atoms with Crippen molar-refractivity contribution in [2.75, 3.05) is 5.32 Å². The van der Waals surface area contributed by atoms with Crippen molar-refractivity contribution in [1.29, 1.82) is 0 Å². The Kier molecular flexibility index (Phi) is 4.18. The summed E-state index contributed by atoms with van der Waals surface area (Å²) < 4.78 is 0. The molecule has 0 aliphatic heterocycles. The third kappa shape index (κ3) is 3.04. The normalized spacial score (nSPS) is 16.1. The molecule has 2 amide bonds. The molecular formula is C14H17ClN2O3. The lowest BCUT2D eigenvalue weighted by atomic mass is 9.75. The summed E-state index contributed by atoms with van der Waals surface area (Å²) in [6, 6.07) is 3.85. The number of hydrogen-bond donors (Lipinski definition) is 3. The highest BCUT2D eigenvalue weighted by Gasteiger charge is 2.36. The third-order valence-electron chi connectivity index (χ3n) is 3.83. The van der Waals surface area contributed by atoms with Crippen molar-refractivity contribution < 1.29 is 14.7 Å². The van der Waals surface area contributed by atoms with Crippen LogP contribution in [0.25, 0.3) is 0 Å². The summed E-state index contributed by atoms with van der Waals surface area (Å²) in [6.07, 6.45) is 3.94. The van der Waals surface area contributed by atoms with Gasteiger partial charge in [-0.2, -0.15) is 0 Å². The number of rotatable bonds is 4. The molecule has 0 bridgehead atoms. The molecule has 0 saturated heterocycles. The van der Waals surface area contributed by atoms with Gasteiger partial charge < -0.3 is 15.7 Å². The molecule has 0 spiro atoms. The summed E-state index contributed by atoms with van der Waals surface area (Å²) in [5.41, 5.74) is 0.259. The second kappa shape index (κ2) is 5.71. The number of amides is 2. The number of carbonyl (C=O) groups is 2. The van der Waals surface area contributed by atoms with E-state index >= 15 is 0 Å². The zero-order valence-electron chi connectivity index (χ0n) is 11.2. The lowest BCUT2D eigenvalue weighted by Gasteiger charge is -2.41. The van der Waals surface area contributed by atoms with Crippen LogP contribution < -0.4 is 10.6 Å². The maximum absolute atomic E-state index is 12.0. The Morgan fingerprint density at radius 3 is 2.60 bits per heavy atom. The van der Waals surface area contributed by atoms with E-state index in [4.69, 9.17) is 16.7 Å². The summed E-state index contributed by atoms with van der Waals surface area (Å²) in [6.45, 7) is 2.04. The van der Waals surface area contributed by atoms with E-state index in [-0.39, 0.29) is 17.1 Å². The first-order valence-corrected chi connectivity index (χ1v) is 6.95. The highest BCUT2D eigenvalue weighted by Crippen LogP contribution is 2.34. The summed E-state index contributed by atoms with van der Waals surface area (Å²) in [5.74, 6) is -1.06. The van der Waals surface area contributed by atoms with Gasteiger partial charge in [-0.15, -0.1) is 0 Å². The van der Waals surface area contributed by atoms with E-state index in [2.05, 4.69) is 10.6 Å². The lowest BCUT2D eigenvalue weighted by molar-refractivity contribution is 0.0697. The molecule has 3 N–H and O–H groups in total. The van der Waals surface area contributed by atoms with Gasteiger partial charge in [0.1, 0.15) is 0 Å².